The van der Waals surface area contributed by atoms with Gasteiger partial charge in [0.1, 0.15) is 5.41 Å². The summed E-state index contributed by atoms with van der Waals surface area (Å²) in [5, 5.41) is 5.67. The highest BCUT2D eigenvalue weighted by atomic mass is 16.5. The van der Waals surface area contributed by atoms with Gasteiger partial charge in [-0.1, -0.05) is 6.92 Å². The van der Waals surface area contributed by atoms with Crippen LogP contribution >= 0.6 is 0 Å². The third-order valence-electron chi connectivity index (χ3n) is 3.67. The van der Waals surface area contributed by atoms with Gasteiger partial charge >= 0.3 is 0 Å². The van der Waals surface area contributed by atoms with Gasteiger partial charge in [0.2, 0.25) is 11.8 Å². The molecule has 1 saturated carbocycles. The normalized spacial score (nSPS) is 24.6. The van der Waals surface area contributed by atoms with Gasteiger partial charge in [-0.25, -0.2) is 0 Å². The van der Waals surface area contributed by atoms with Gasteiger partial charge < -0.3 is 15.4 Å². The lowest BCUT2D eigenvalue weighted by Crippen LogP contribution is -2.45. The predicted molar refractivity (Wildman–Crippen MR) is 67.0 cm³/mol. The number of carbonyl (C=O) groups excluding carboxylic acids is 2. The molecule has 0 aromatic heterocycles. The molecule has 1 unspecified atom stereocenters. The third kappa shape index (κ3) is 2.83. The zero-order chi connectivity index (χ0) is 13.0. The molecular formula is C13H22N2O3. The summed E-state index contributed by atoms with van der Waals surface area (Å²) in [6.45, 7) is 3.95. The van der Waals surface area contributed by atoms with Crippen LogP contribution in [-0.2, 0) is 14.3 Å². The van der Waals surface area contributed by atoms with E-state index in [1.165, 1.54) is 0 Å². The standard InChI is InChI=1S/C13H22N2O3/c1-2-7-14-11(16)13(5-6-13)12(17)15-9-10-4-3-8-18-10/h10H,2-9H2,1H3,(H,14,16)(H,15,17). The zero-order valence-electron chi connectivity index (χ0n) is 11.0. The molecule has 0 bridgehead atoms. The van der Waals surface area contributed by atoms with Crippen molar-refractivity contribution in [3.8, 4) is 0 Å². The predicted octanol–water partition coefficient (Wildman–Crippen LogP) is 0.588. The molecule has 0 spiro atoms. The molecule has 102 valence electrons. The summed E-state index contributed by atoms with van der Waals surface area (Å²) in [6, 6.07) is 0. The van der Waals surface area contributed by atoms with E-state index >= 15 is 0 Å². The van der Waals surface area contributed by atoms with Crippen LogP contribution in [0.15, 0.2) is 0 Å². The van der Waals surface area contributed by atoms with Crippen LogP contribution in [0.1, 0.15) is 39.0 Å². The molecule has 5 nitrogen and oxygen atoms in total. The van der Waals surface area contributed by atoms with Gasteiger partial charge in [0.05, 0.1) is 6.10 Å². The average molecular weight is 254 g/mol. The van der Waals surface area contributed by atoms with Crippen molar-refractivity contribution in [3.63, 3.8) is 0 Å². The van der Waals surface area contributed by atoms with Crippen molar-refractivity contribution < 1.29 is 14.3 Å². The second-order valence-corrected chi connectivity index (χ2v) is 5.18. The van der Waals surface area contributed by atoms with Crippen molar-refractivity contribution in [2.24, 2.45) is 5.41 Å². The van der Waals surface area contributed by atoms with E-state index in [0.29, 0.717) is 25.9 Å². The molecule has 1 atom stereocenters. The van der Waals surface area contributed by atoms with Gasteiger partial charge in [-0.15, -0.1) is 0 Å². The summed E-state index contributed by atoms with van der Waals surface area (Å²) in [5.74, 6) is -0.249. The molecule has 0 radical (unpaired) electrons. The summed E-state index contributed by atoms with van der Waals surface area (Å²) >= 11 is 0. The minimum absolute atomic E-state index is 0.116. The maximum absolute atomic E-state index is 12.1. The van der Waals surface area contributed by atoms with E-state index in [2.05, 4.69) is 10.6 Å². The minimum Gasteiger partial charge on any atom is -0.376 e. The molecule has 18 heavy (non-hydrogen) atoms. The Bertz CT molecular complexity index is 320. The number of nitrogens with one attached hydrogen (secondary N) is 2. The van der Waals surface area contributed by atoms with Crippen molar-refractivity contribution in [1.29, 1.82) is 0 Å². The first-order chi connectivity index (χ1) is 8.69. The molecule has 2 N–H and O–H groups in total. The van der Waals surface area contributed by atoms with Crippen LogP contribution < -0.4 is 10.6 Å². The van der Waals surface area contributed by atoms with E-state index in [-0.39, 0.29) is 17.9 Å². The van der Waals surface area contributed by atoms with Crippen molar-refractivity contribution >= 4 is 11.8 Å². The quantitative estimate of drug-likeness (QED) is 0.682. The van der Waals surface area contributed by atoms with Crippen molar-refractivity contribution in [3.05, 3.63) is 0 Å². The van der Waals surface area contributed by atoms with Gasteiger partial charge in [0.15, 0.2) is 0 Å². The fourth-order valence-corrected chi connectivity index (χ4v) is 2.27. The van der Waals surface area contributed by atoms with E-state index in [1.807, 2.05) is 6.92 Å². The molecular weight excluding hydrogens is 232 g/mol. The summed E-state index contributed by atoms with van der Waals surface area (Å²) in [7, 11) is 0. The van der Waals surface area contributed by atoms with Crippen LogP contribution in [0.5, 0.6) is 0 Å². The summed E-state index contributed by atoms with van der Waals surface area (Å²) in [4.78, 5) is 24.0. The molecule has 1 saturated heterocycles. The van der Waals surface area contributed by atoms with Crippen LogP contribution in [-0.4, -0.2) is 37.6 Å². The van der Waals surface area contributed by atoms with Crippen LogP contribution in [0, 0.1) is 5.41 Å². The Hall–Kier alpha value is -1.10. The lowest BCUT2D eigenvalue weighted by atomic mass is 10.0. The molecule has 1 heterocycles. The van der Waals surface area contributed by atoms with E-state index in [1.54, 1.807) is 0 Å². The Morgan fingerprint density at radius 3 is 2.56 bits per heavy atom. The lowest BCUT2D eigenvalue weighted by Gasteiger charge is -2.17. The average Bonchev–Trinajstić information content (AvgIpc) is 3.03. The number of rotatable bonds is 6. The van der Waals surface area contributed by atoms with E-state index in [9.17, 15) is 9.59 Å². The second-order valence-electron chi connectivity index (χ2n) is 5.18. The van der Waals surface area contributed by atoms with Crippen molar-refractivity contribution in [2.75, 3.05) is 19.7 Å². The number of carbonyl (C=O) groups is 2. The molecule has 2 fully saturated rings. The Kier molecular flexibility index (Phi) is 4.22. The summed E-state index contributed by atoms with van der Waals surface area (Å²) in [5.41, 5.74) is -0.784. The van der Waals surface area contributed by atoms with Crippen molar-refractivity contribution in [2.45, 2.75) is 45.1 Å². The molecule has 1 aliphatic heterocycles. The first kappa shape index (κ1) is 13.3. The highest BCUT2D eigenvalue weighted by Crippen LogP contribution is 2.46. The Labute approximate surface area is 108 Å². The number of hydrogen-bond donors (Lipinski definition) is 2. The zero-order valence-corrected chi connectivity index (χ0v) is 11.0. The van der Waals surface area contributed by atoms with Gasteiger partial charge in [0.25, 0.3) is 0 Å². The second kappa shape index (κ2) is 5.69. The molecule has 1 aliphatic carbocycles. The van der Waals surface area contributed by atoms with Gasteiger partial charge in [-0.3, -0.25) is 9.59 Å². The topological polar surface area (TPSA) is 67.4 Å². The maximum Gasteiger partial charge on any atom is 0.235 e. The van der Waals surface area contributed by atoms with Crippen LogP contribution in [0.2, 0.25) is 0 Å². The molecule has 2 aliphatic rings. The Morgan fingerprint density at radius 2 is 2.00 bits per heavy atom. The first-order valence-corrected chi connectivity index (χ1v) is 6.87. The number of amides is 2. The lowest BCUT2D eigenvalue weighted by molar-refractivity contribution is -0.137. The summed E-state index contributed by atoms with van der Waals surface area (Å²) in [6.07, 6.45) is 4.40. The molecule has 5 heteroatoms. The third-order valence-corrected chi connectivity index (χ3v) is 3.67. The van der Waals surface area contributed by atoms with Crippen LogP contribution in [0.25, 0.3) is 0 Å². The maximum atomic E-state index is 12.1. The smallest absolute Gasteiger partial charge is 0.235 e. The molecule has 0 aromatic rings. The van der Waals surface area contributed by atoms with Gasteiger partial charge in [0, 0.05) is 19.7 Å². The monoisotopic (exact) mass is 254 g/mol. The van der Waals surface area contributed by atoms with Crippen LogP contribution in [0.3, 0.4) is 0 Å². The first-order valence-electron chi connectivity index (χ1n) is 6.87. The van der Waals surface area contributed by atoms with E-state index in [0.717, 1.165) is 25.9 Å². The van der Waals surface area contributed by atoms with Gasteiger partial charge in [-0.2, -0.15) is 0 Å². The number of hydrogen-bond acceptors (Lipinski definition) is 3. The molecule has 0 aromatic carbocycles. The fraction of sp³-hybridized carbons (Fsp3) is 0.846. The van der Waals surface area contributed by atoms with Gasteiger partial charge in [-0.05, 0) is 32.1 Å². The van der Waals surface area contributed by atoms with E-state index < -0.39 is 5.41 Å². The fourth-order valence-electron chi connectivity index (χ4n) is 2.27. The van der Waals surface area contributed by atoms with E-state index in [4.69, 9.17) is 4.74 Å². The van der Waals surface area contributed by atoms with Crippen LogP contribution in [0.4, 0.5) is 0 Å². The minimum atomic E-state index is -0.784. The Morgan fingerprint density at radius 1 is 1.28 bits per heavy atom. The molecule has 2 rings (SSSR count). The Balaban J connectivity index is 1.78. The highest BCUT2D eigenvalue weighted by molar-refractivity contribution is 6.07. The SMILES string of the molecule is CCCNC(=O)C1(C(=O)NCC2CCCO2)CC1. The van der Waals surface area contributed by atoms with Crippen molar-refractivity contribution in [1.82, 2.24) is 10.6 Å². The number of ether oxygens (including phenoxy) is 1. The highest BCUT2D eigenvalue weighted by Gasteiger charge is 2.56. The molecule has 2 amide bonds. The summed E-state index contributed by atoms with van der Waals surface area (Å²) < 4.78 is 5.45. The largest absolute Gasteiger partial charge is 0.376 e.